The Balaban J connectivity index is 3.15. The Hall–Kier alpha value is -1.26. The van der Waals surface area contributed by atoms with E-state index in [9.17, 15) is 14.7 Å². The van der Waals surface area contributed by atoms with Crippen LogP contribution in [0.4, 0.5) is 0 Å². The summed E-state index contributed by atoms with van der Waals surface area (Å²) in [4.78, 5) is 22.8. The number of aliphatic hydroxyl groups excluding tert-OH is 1. The Kier molecular flexibility index (Phi) is 7.86. The fourth-order valence-corrected chi connectivity index (χ4v) is 2.51. The molecule has 1 aliphatic rings. The fraction of sp³-hybridized carbons (Fsp3) is 0.857. The summed E-state index contributed by atoms with van der Waals surface area (Å²) < 4.78 is 31.4. The second kappa shape index (κ2) is 9.14. The van der Waals surface area contributed by atoms with Crippen molar-refractivity contribution in [2.75, 3.05) is 27.9 Å². The third-order valence-corrected chi connectivity index (χ3v) is 3.43. The van der Waals surface area contributed by atoms with Crippen molar-refractivity contribution in [1.29, 1.82) is 0 Å². The monoisotopic (exact) mass is 336 g/mol. The summed E-state index contributed by atoms with van der Waals surface area (Å²) in [5.74, 6) is -1.21. The van der Waals surface area contributed by atoms with Crippen LogP contribution in [-0.2, 0) is 38.0 Å². The Morgan fingerprint density at radius 2 is 1.61 bits per heavy atom. The van der Waals surface area contributed by atoms with Gasteiger partial charge in [0.15, 0.2) is 18.5 Å². The van der Waals surface area contributed by atoms with Crippen molar-refractivity contribution in [2.45, 2.75) is 50.7 Å². The molecule has 0 spiro atoms. The molecule has 6 atom stereocenters. The highest BCUT2D eigenvalue weighted by Gasteiger charge is 2.52. The highest BCUT2D eigenvalue weighted by atomic mass is 16.7. The van der Waals surface area contributed by atoms with Gasteiger partial charge in [-0.1, -0.05) is 0 Å². The van der Waals surface area contributed by atoms with E-state index in [0.717, 1.165) is 0 Å². The lowest BCUT2D eigenvalue weighted by molar-refractivity contribution is -0.309. The molecule has 1 heterocycles. The second-order valence-electron chi connectivity index (χ2n) is 5.07. The van der Waals surface area contributed by atoms with Crippen molar-refractivity contribution in [3.05, 3.63) is 0 Å². The first-order chi connectivity index (χ1) is 10.8. The lowest BCUT2D eigenvalue weighted by Crippen LogP contribution is -2.64. The molecule has 1 saturated heterocycles. The first-order valence-corrected chi connectivity index (χ1v) is 7.08. The van der Waals surface area contributed by atoms with Gasteiger partial charge in [0.05, 0.1) is 6.61 Å². The van der Waals surface area contributed by atoms with Crippen molar-refractivity contribution in [3.8, 4) is 0 Å². The first-order valence-electron chi connectivity index (χ1n) is 7.08. The van der Waals surface area contributed by atoms with Gasteiger partial charge in [-0.25, -0.2) is 0 Å². The molecule has 0 amide bonds. The molecule has 0 aromatic carbocycles. The molecule has 0 aromatic rings. The van der Waals surface area contributed by atoms with Crippen LogP contribution in [0.1, 0.15) is 13.8 Å². The number of aliphatic hydroxyl groups is 1. The Labute approximate surface area is 134 Å². The predicted octanol–water partition coefficient (Wildman–Crippen LogP) is -0.757. The van der Waals surface area contributed by atoms with Crippen LogP contribution in [-0.4, -0.2) is 81.8 Å². The first kappa shape index (κ1) is 19.8. The molecule has 1 rings (SSSR count). The van der Waals surface area contributed by atoms with E-state index in [1.165, 1.54) is 35.2 Å². The molecule has 0 saturated carbocycles. The quantitative estimate of drug-likeness (QED) is 0.600. The third kappa shape index (κ3) is 5.11. The molecular weight excluding hydrogens is 312 g/mol. The van der Waals surface area contributed by atoms with Crippen LogP contribution in [0.2, 0.25) is 0 Å². The van der Waals surface area contributed by atoms with Crippen LogP contribution in [0.15, 0.2) is 0 Å². The van der Waals surface area contributed by atoms with Crippen LogP contribution in [0.25, 0.3) is 0 Å². The molecule has 9 nitrogen and oxygen atoms in total. The largest absolute Gasteiger partial charge is 0.456 e. The lowest BCUT2D eigenvalue weighted by atomic mass is 9.94. The molecule has 0 unspecified atom stereocenters. The van der Waals surface area contributed by atoms with Crippen LogP contribution < -0.4 is 0 Å². The van der Waals surface area contributed by atoms with E-state index in [-0.39, 0.29) is 6.61 Å². The van der Waals surface area contributed by atoms with Gasteiger partial charge in [-0.15, -0.1) is 0 Å². The van der Waals surface area contributed by atoms with E-state index in [0.29, 0.717) is 0 Å². The SMILES string of the molecule is COC[C@@H](OC)[C@H]1O[C@@H](O)[C@H](OC)[C@@H](OC(C)=O)[C@@H]1OC(C)=O. The molecule has 1 aliphatic heterocycles. The van der Waals surface area contributed by atoms with Gasteiger partial charge in [-0.2, -0.15) is 0 Å². The van der Waals surface area contributed by atoms with Gasteiger partial charge in [0.25, 0.3) is 0 Å². The fourth-order valence-electron chi connectivity index (χ4n) is 2.51. The number of methoxy groups -OCH3 is 3. The molecule has 1 fully saturated rings. The zero-order chi connectivity index (χ0) is 17.6. The van der Waals surface area contributed by atoms with E-state index in [1.807, 2.05) is 0 Å². The molecule has 1 N–H and O–H groups in total. The van der Waals surface area contributed by atoms with Gasteiger partial charge in [0, 0.05) is 35.2 Å². The summed E-state index contributed by atoms with van der Waals surface area (Å²) in [5.41, 5.74) is 0. The van der Waals surface area contributed by atoms with Gasteiger partial charge >= 0.3 is 11.9 Å². The topological polar surface area (TPSA) is 110 Å². The Morgan fingerprint density at radius 1 is 1.04 bits per heavy atom. The highest BCUT2D eigenvalue weighted by molar-refractivity contribution is 5.67. The summed E-state index contributed by atoms with van der Waals surface area (Å²) in [6, 6.07) is 0. The van der Waals surface area contributed by atoms with E-state index in [4.69, 9.17) is 28.4 Å². The number of esters is 2. The molecular formula is C14H24O9. The molecule has 0 aliphatic carbocycles. The smallest absolute Gasteiger partial charge is 0.303 e. The highest BCUT2D eigenvalue weighted by Crippen LogP contribution is 2.29. The van der Waals surface area contributed by atoms with E-state index in [2.05, 4.69) is 0 Å². The van der Waals surface area contributed by atoms with E-state index < -0.39 is 48.7 Å². The van der Waals surface area contributed by atoms with Crippen LogP contribution in [0, 0.1) is 0 Å². The molecule has 0 radical (unpaired) electrons. The number of carbonyl (C=O) groups is 2. The maximum atomic E-state index is 11.4. The van der Waals surface area contributed by atoms with Gasteiger partial charge in [-0.05, 0) is 0 Å². The minimum absolute atomic E-state index is 0.121. The maximum absolute atomic E-state index is 11.4. The predicted molar refractivity (Wildman–Crippen MR) is 75.5 cm³/mol. The third-order valence-electron chi connectivity index (χ3n) is 3.43. The van der Waals surface area contributed by atoms with Gasteiger partial charge in [0.1, 0.15) is 18.3 Å². The van der Waals surface area contributed by atoms with Crippen molar-refractivity contribution in [3.63, 3.8) is 0 Å². The zero-order valence-electron chi connectivity index (χ0n) is 13.9. The van der Waals surface area contributed by atoms with Gasteiger partial charge < -0.3 is 33.5 Å². The van der Waals surface area contributed by atoms with E-state index >= 15 is 0 Å². The van der Waals surface area contributed by atoms with Crippen LogP contribution >= 0.6 is 0 Å². The number of hydrogen-bond donors (Lipinski definition) is 1. The molecule has 0 bridgehead atoms. The maximum Gasteiger partial charge on any atom is 0.303 e. The molecule has 134 valence electrons. The summed E-state index contributed by atoms with van der Waals surface area (Å²) in [6.07, 6.45) is -6.05. The lowest BCUT2D eigenvalue weighted by Gasteiger charge is -2.44. The second-order valence-corrected chi connectivity index (χ2v) is 5.07. The normalized spacial score (nSPS) is 32.2. The number of carbonyl (C=O) groups excluding carboxylic acids is 2. The Bertz CT molecular complexity index is 400. The van der Waals surface area contributed by atoms with Crippen molar-refractivity contribution in [2.24, 2.45) is 0 Å². The molecule has 23 heavy (non-hydrogen) atoms. The van der Waals surface area contributed by atoms with Crippen LogP contribution in [0.3, 0.4) is 0 Å². The van der Waals surface area contributed by atoms with Gasteiger partial charge in [-0.3, -0.25) is 9.59 Å². The average molecular weight is 336 g/mol. The van der Waals surface area contributed by atoms with Crippen LogP contribution in [0.5, 0.6) is 0 Å². The summed E-state index contributed by atoms with van der Waals surface area (Å²) in [5, 5.41) is 10.1. The van der Waals surface area contributed by atoms with Gasteiger partial charge in [0.2, 0.25) is 0 Å². The molecule has 0 aromatic heterocycles. The number of rotatable bonds is 7. The zero-order valence-corrected chi connectivity index (χ0v) is 13.9. The summed E-state index contributed by atoms with van der Waals surface area (Å²) in [7, 11) is 4.21. The molecule has 9 heteroatoms. The van der Waals surface area contributed by atoms with E-state index in [1.54, 1.807) is 0 Å². The van der Waals surface area contributed by atoms with Crippen molar-refractivity contribution in [1.82, 2.24) is 0 Å². The van der Waals surface area contributed by atoms with Crippen molar-refractivity contribution < 1.29 is 43.1 Å². The van der Waals surface area contributed by atoms with Crippen molar-refractivity contribution >= 4 is 11.9 Å². The summed E-state index contributed by atoms with van der Waals surface area (Å²) >= 11 is 0. The Morgan fingerprint density at radius 3 is 2.04 bits per heavy atom. The summed E-state index contributed by atoms with van der Waals surface area (Å²) in [6.45, 7) is 2.54. The minimum Gasteiger partial charge on any atom is -0.456 e. The average Bonchev–Trinajstić information content (AvgIpc) is 2.46. The standard InChI is InChI=1S/C14H24O9/c1-7(15)21-11-10(9(19-4)6-18-3)23-14(17)13(20-5)12(11)22-8(2)16/h9-14,17H,6H2,1-5H3/t9-,10-,11-,12+,13-,14-/m1/s1. The minimum atomic E-state index is -1.39. The number of ether oxygens (including phenoxy) is 6. The number of hydrogen-bond acceptors (Lipinski definition) is 9.